The molecular formula is C13H21N3O3. The van der Waals surface area contributed by atoms with Crippen molar-refractivity contribution >= 4 is 11.4 Å². The standard InChI is InChI=1S/C13H21N3O3/c1-11-12(5-4-6-13(11)16(17)18)14-7-8-15(2)9-10-19-3/h4-6,14H,7-10H2,1-3H3. The van der Waals surface area contributed by atoms with Gasteiger partial charge in [0.25, 0.3) is 5.69 Å². The van der Waals surface area contributed by atoms with Crippen LogP contribution in [0.2, 0.25) is 0 Å². The van der Waals surface area contributed by atoms with Gasteiger partial charge in [0.2, 0.25) is 0 Å². The third-order valence-electron chi connectivity index (χ3n) is 2.99. The first-order valence-corrected chi connectivity index (χ1v) is 6.21. The summed E-state index contributed by atoms with van der Waals surface area (Å²) in [7, 11) is 3.69. The third kappa shape index (κ3) is 4.84. The van der Waals surface area contributed by atoms with Crippen molar-refractivity contribution in [3.63, 3.8) is 0 Å². The Bertz CT molecular complexity index is 424. The van der Waals surface area contributed by atoms with Crippen LogP contribution in [0.5, 0.6) is 0 Å². The molecule has 0 fully saturated rings. The summed E-state index contributed by atoms with van der Waals surface area (Å²) in [5.74, 6) is 0. The van der Waals surface area contributed by atoms with Crippen molar-refractivity contribution in [3.05, 3.63) is 33.9 Å². The van der Waals surface area contributed by atoms with Crippen molar-refractivity contribution in [3.8, 4) is 0 Å². The second kappa shape index (κ2) is 7.70. The average molecular weight is 267 g/mol. The number of benzene rings is 1. The van der Waals surface area contributed by atoms with Gasteiger partial charge in [-0.15, -0.1) is 0 Å². The normalized spacial score (nSPS) is 10.7. The van der Waals surface area contributed by atoms with Crippen LogP contribution in [0.3, 0.4) is 0 Å². The second-order valence-corrected chi connectivity index (χ2v) is 4.43. The molecule has 0 aliphatic carbocycles. The summed E-state index contributed by atoms with van der Waals surface area (Å²) in [5.41, 5.74) is 1.64. The summed E-state index contributed by atoms with van der Waals surface area (Å²) >= 11 is 0. The van der Waals surface area contributed by atoms with E-state index in [1.54, 1.807) is 20.1 Å². The Balaban J connectivity index is 2.50. The predicted octanol–water partition coefficient (Wildman–Crippen LogP) is 1.89. The minimum absolute atomic E-state index is 0.151. The first-order chi connectivity index (χ1) is 9.06. The number of rotatable bonds is 8. The first kappa shape index (κ1) is 15.4. The van der Waals surface area contributed by atoms with Gasteiger partial charge in [-0.05, 0) is 20.0 Å². The van der Waals surface area contributed by atoms with Crippen LogP contribution in [-0.2, 0) is 4.74 Å². The highest BCUT2D eigenvalue weighted by molar-refractivity contribution is 5.59. The molecule has 0 atom stereocenters. The molecule has 0 radical (unpaired) electrons. The van der Waals surface area contributed by atoms with Crippen LogP contribution in [0, 0.1) is 17.0 Å². The van der Waals surface area contributed by atoms with E-state index >= 15 is 0 Å². The Kier molecular flexibility index (Phi) is 6.24. The maximum absolute atomic E-state index is 10.8. The van der Waals surface area contributed by atoms with E-state index in [0.717, 1.165) is 25.3 Å². The molecule has 0 aliphatic rings. The topological polar surface area (TPSA) is 67.6 Å². The highest BCUT2D eigenvalue weighted by Gasteiger charge is 2.12. The highest BCUT2D eigenvalue weighted by atomic mass is 16.6. The number of nitrogens with one attached hydrogen (secondary N) is 1. The third-order valence-corrected chi connectivity index (χ3v) is 2.99. The molecule has 0 saturated heterocycles. The zero-order valence-electron chi connectivity index (χ0n) is 11.7. The van der Waals surface area contributed by atoms with Crippen molar-refractivity contribution in [2.75, 3.05) is 45.7 Å². The molecule has 1 aromatic carbocycles. The monoisotopic (exact) mass is 267 g/mol. The fourth-order valence-corrected chi connectivity index (χ4v) is 1.75. The van der Waals surface area contributed by atoms with Crippen molar-refractivity contribution in [2.24, 2.45) is 0 Å². The molecule has 0 heterocycles. The molecule has 106 valence electrons. The van der Waals surface area contributed by atoms with Gasteiger partial charge in [0.05, 0.1) is 11.5 Å². The summed E-state index contributed by atoms with van der Waals surface area (Å²) in [6, 6.07) is 5.07. The van der Waals surface area contributed by atoms with E-state index < -0.39 is 0 Å². The molecule has 0 saturated carbocycles. The minimum Gasteiger partial charge on any atom is -0.383 e. The fraction of sp³-hybridized carbons (Fsp3) is 0.538. The van der Waals surface area contributed by atoms with E-state index in [1.165, 1.54) is 6.07 Å². The molecule has 6 nitrogen and oxygen atoms in total. The maximum atomic E-state index is 10.8. The summed E-state index contributed by atoms with van der Waals surface area (Å²) < 4.78 is 5.00. The SMILES string of the molecule is COCCN(C)CCNc1cccc([N+](=O)[O-])c1C. The molecule has 0 aliphatic heterocycles. The Morgan fingerprint density at radius 2 is 2.16 bits per heavy atom. The first-order valence-electron chi connectivity index (χ1n) is 6.21. The van der Waals surface area contributed by atoms with Gasteiger partial charge in [0.1, 0.15) is 0 Å². The van der Waals surface area contributed by atoms with Crippen LogP contribution in [0.4, 0.5) is 11.4 Å². The van der Waals surface area contributed by atoms with E-state index in [0.29, 0.717) is 12.2 Å². The lowest BCUT2D eigenvalue weighted by Gasteiger charge is -2.17. The second-order valence-electron chi connectivity index (χ2n) is 4.43. The zero-order chi connectivity index (χ0) is 14.3. The largest absolute Gasteiger partial charge is 0.383 e. The van der Waals surface area contributed by atoms with Crippen LogP contribution in [0.1, 0.15) is 5.56 Å². The number of likely N-dealkylation sites (N-methyl/N-ethyl adjacent to an activating group) is 1. The average Bonchev–Trinajstić information content (AvgIpc) is 2.38. The molecule has 19 heavy (non-hydrogen) atoms. The van der Waals surface area contributed by atoms with E-state index in [4.69, 9.17) is 4.74 Å². The molecule has 1 N–H and O–H groups in total. The van der Waals surface area contributed by atoms with E-state index in [-0.39, 0.29) is 10.6 Å². The summed E-state index contributed by atoms with van der Waals surface area (Å²) in [5, 5.41) is 14.1. The smallest absolute Gasteiger partial charge is 0.274 e. The number of hydrogen-bond donors (Lipinski definition) is 1. The molecule has 1 aromatic rings. The molecule has 0 bridgehead atoms. The summed E-state index contributed by atoms with van der Waals surface area (Å²) in [6.45, 7) is 4.92. The van der Waals surface area contributed by atoms with E-state index in [2.05, 4.69) is 10.2 Å². The van der Waals surface area contributed by atoms with Crippen molar-refractivity contribution in [1.82, 2.24) is 4.90 Å². The van der Waals surface area contributed by atoms with E-state index in [1.807, 2.05) is 13.1 Å². The van der Waals surface area contributed by atoms with Crippen LogP contribution >= 0.6 is 0 Å². The molecule has 1 rings (SSSR count). The van der Waals surface area contributed by atoms with Crippen LogP contribution in [0.15, 0.2) is 18.2 Å². The number of ether oxygens (including phenoxy) is 1. The lowest BCUT2D eigenvalue weighted by molar-refractivity contribution is -0.385. The molecule has 6 heteroatoms. The van der Waals surface area contributed by atoms with Gasteiger partial charge in [0, 0.05) is 44.1 Å². The number of methoxy groups -OCH3 is 1. The fourth-order valence-electron chi connectivity index (χ4n) is 1.75. The van der Waals surface area contributed by atoms with Crippen molar-refractivity contribution < 1.29 is 9.66 Å². The van der Waals surface area contributed by atoms with Crippen molar-refractivity contribution in [2.45, 2.75) is 6.92 Å². The zero-order valence-corrected chi connectivity index (χ0v) is 11.7. The maximum Gasteiger partial charge on any atom is 0.274 e. The van der Waals surface area contributed by atoms with Gasteiger partial charge in [0.15, 0.2) is 0 Å². The van der Waals surface area contributed by atoms with Gasteiger partial charge in [-0.1, -0.05) is 6.07 Å². The molecular weight excluding hydrogens is 246 g/mol. The lowest BCUT2D eigenvalue weighted by Crippen LogP contribution is -2.28. The number of nitrogens with zero attached hydrogens (tertiary/aromatic N) is 2. The molecule has 0 spiro atoms. The molecule has 0 aromatic heterocycles. The summed E-state index contributed by atoms with van der Waals surface area (Å²) in [4.78, 5) is 12.6. The number of hydrogen-bond acceptors (Lipinski definition) is 5. The summed E-state index contributed by atoms with van der Waals surface area (Å²) in [6.07, 6.45) is 0. The highest BCUT2D eigenvalue weighted by Crippen LogP contribution is 2.24. The Hall–Kier alpha value is -1.66. The number of anilines is 1. The number of nitro groups is 1. The van der Waals surface area contributed by atoms with Gasteiger partial charge in [-0.25, -0.2) is 0 Å². The molecule has 0 unspecified atom stereocenters. The molecule has 0 amide bonds. The van der Waals surface area contributed by atoms with Gasteiger partial charge in [-0.2, -0.15) is 0 Å². The van der Waals surface area contributed by atoms with Crippen LogP contribution in [-0.4, -0.2) is 50.2 Å². The number of nitro benzene ring substituents is 1. The van der Waals surface area contributed by atoms with Gasteiger partial charge >= 0.3 is 0 Å². The van der Waals surface area contributed by atoms with Gasteiger partial charge in [-0.3, -0.25) is 10.1 Å². The Morgan fingerprint density at radius 3 is 2.79 bits per heavy atom. The minimum atomic E-state index is -0.356. The predicted molar refractivity (Wildman–Crippen MR) is 75.7 cm³/mol. The van der Waals surface area contributed by atoms with Crippen LogP contribution in [0.25, 0.3) is 0 Å². The quantitative estimate of drug-likeness (QED) is 0.575. The van der Waals surface area contributed by atoms with Crippen molar-refractivity contribution in [1.29, 1.82) is 0 Å². The Morgan fingerprint density at radius 1 is 1.42 bits per heavy atom. The van der Waals surface area contributed by atoms with Gasteiger partial charge < -0.3 is 15.0 Å². The lowest BCUT2D eigenvalue weighted by atomic mass is 10.1. The van der Waals surface area contributed by atoms with E-state index in [9.17, 15) is 10.1 Å². The van der Waals surface area contributed by atoms with Crippen LogP contribution < -0.4 is 5.32 Å². The Labute approximate surface area is 113 Å².